The van der Waals surface area contributed by atoms with E-state index in [1.165, 1.54) is 16.8 Å². The van der Waals surface area contributed by atoms with Crippen molar-refractivity contribution >= 4 is 17.2 Å². The van der Waals surface area contributed by atoms with E-state index >= 15 is 0 Å². The Balaban J connectivity index is 1.54. The molecule has 0 saturated heterocycles. The van der Waals surface area contributed by atoms with E-state index < -0.39 is 0 Å². The van der Waals surface area contributed by atoms with Gasteiger partial charge in [-0.05, 0) is 52.8 Å². The molecule has 0 bridgehead atoms. The third-order valence-electron chi connectivity index (χ3n) is 6.21. The number of carbonyl (C=O) groups is 1. The van der Waals surface area contributed by atoms with E-state index in [0.717, 1.165) is 21.6 Å². The summed E-state index contributed by atoms with van der Waals surface area (Å²) < 4.78 is 12.4. The first-order valence-electron chi connectivity index (χ1n) is 11.3. The molecule has 0 aliphatic carbocycles. The average molecular weight is 488 g/mol. The summed E-state index contributed by atoms with van der Waals surface area (Å²) in [7, 11) is 3.23. The van der Waals surface area contributed by atoms with E-state index in [2.05, 4.69) is 5.10 Å². The molecule has 0 fully saturated rings. The summed E-state index contributed by atoms with van der Waals surface area (Å²) in [4.78, 5) is 29.2. The van der Waals surface area contributed by atoms with Crippen LogP contribution in [0, 0.1) is 0 Å². The van der Waals surface area contributed by atoms with Gasteiger partial charge in [0.15, 0.2) is 11.5 Å². The summed E-state index contributed by atoms with van der Waals surface area (Å²) in [6, 6.07) is 20.2. The van der Waals surface area contributed by atoms with Gasteiger partial charge in [-0.25, -0.2) is 4.68 Å². The van der Waals surface area contributed by atoms with Crippen molar-refractivity contribution in [3.63, 3.8) is 0 Å². The lowest BCUT2D eigenvalue weighted by atomic mass is 9.90. The van der Waals surface area contributed by atoms with Crippen molar-refractivity contribution in [1.29, 1.82) is 0 Å². The maximum atomic E-state index is 13.8. The number of amides is 1. The van der Waals surface area contributed by atoms with E-state index in [1.54, 1.807) is 25.6 Å². The number of hydrogen-bond donors (Lipinski definition) is 0. The van der Waals surface area contributed by atoms with Gasteiger partial charge in [0.2, 0.25) is 0 Å². The van der Waals surface area contributed by atoms with Crippen LogP contribution in [0.15, 0.2) is 76.9 Å². The van der Waals surface area contributed by atoms with Crippen molar-refractivity contribution in [2.75, 3.05) is 20.8 Å². The predicted molar refractivity (Wildman–Crippen MR) is 134 cm³/mol. The molecule has 1 aliphatic heterocycles. The molecule has 7 nitrogen and oxygen atoms in total. The Morgan fingerprint density at radius 2 is 1.80 bits per heavy atom. The summed E-state index contributed by atoms with van der Waals surface area (Å²) in [5, 5.41) is 6.45. The SMILES string of the molecule is COc1cc2c(cc1OC)C(c1cccs1)N(C(=O)c1ccc(=O)n(Cc3ccccc3)n1)CC2. The maximum Gasteiger partial charge on any atom is 0.275 e. The van der Waals surface area contributed by atoms with Crippen molar-refractivity contribution in [1.82, 2.24) is 14.7 Å². The Labute approximate surface area is 207 Å². The quantitative estimate of drug-likeness (QED) is 0.408. The van der Waals surface area contributed by atoms with Gasteiger partial charge in [-0.1, -0.05) is 36.4 Å². The second-order valence-corrected chi connectivity index (χ2v) is 9.25. The summed E-state index contributed by atoms with van der Waals surface area (Å²) in [6.45, 7) is 0.818. The lowest BCUT2D eigenvalue weighted by molar-refractivity contribution is 0.0688. The van der Waals surface area contributed by atoms with E-state index in [4.69, 9.17) is 9.47 Å². The van der Waals surface area contributed by atoms with Crippen LogP contribution in [0.3, 0.4) is 0 Å². The molecular weight excluding hydrogens is 462 g/mol. The summed E-state index contributed by atoms with van der Waals surface area (Å²) in [5.74, 6) is 1.08. The van der Waals surface area contributed by atoms with Gasteiger partial charge in [0.1, 0.15) is 5.69 Å². The lowest BCUT2D eigenvalue weighted by Gasteiger charge is -2.37. The predicted octanol–water partition coefficient (Wildman–Crippen LogP) is 4.16. The van der Waals surface area contributed by atoms with E-state index in [9.17, 15) is 9.59 Å². The van der Waals surface area contributed by atoms with Gasteiger partial charge >= 0.3 is 0 Å². The number of nitrogens with zero attached hydrogens (tertiary/aromatic N) is 3. The number of aromatic nitrogens is 2. The minimum atomic E-state index is -0.289. The van der Waals surface area contributed by atoms with Crippen LogP contribution in [0.1, 0.15) is 38.1 Å². The van der Waals surface area contributed by atoms with E-state index in [-0.39, 0.29) is 23.2 Å². The van der Waals surface area contributed by atoms with Gasteiger partial charge in [0.05, 0.1) is 26.8 Å². The van der Waals surface area contributed by atoms with Crippen LogP contribution in [0.25, 0.3) is 0 Å². The molecule has 4 aromatic rings. The first-order valence-corrected chi connectivity index (χ1v) is 12.2. The molecule has 8 heteroatoms. The van der Waals surface area contributed by atoms with E-state index in [1.807, 2.05) is 64.9 Å². The molecule has 0 spiro atoms. The van der Waals surface area contributed by atoms with Crippen molar-refractivity contribution in [2.45, 2.75) is 19.0 Å². The Hall–Kier alpha value is -3.91. The second-order valence-electron chi connectivity index (χ2n) is 8.27. The fourth-order valence-corrected chi connectivity index (χ4v) is 5.35. The molecule has 178 valence electrons. The molecule has 35 heavy (non-hydrogen) atoms. The number of benzene rings is 2. The lowest BCUT2D eigenvalue weighted by Crippen LogP contribution is -2.41. The number of ether oxygens (including phenoxy) is 2. The molecule has 0 N–H and O–H groups in total. The van der Waals surface area contributed by atoms with Crippen LogP contribution in [0.2, 0.25) is 0 Å². The van der Waals surface area contributed by atoms with Gasteiger partial charge in [0.25, 0.3) is 11.5 Å². The molecule has 0 saturated carbocycles. The number of fused-ring (bicyclic) bond motifs is 1. The second kappa shape index (κ2) is 9.76. The smallest absolute Gasteiger partial charge is 0.275 e. The standard InChI is InChI=1S/C27H25N3O4S/c1-33-22-15-19-12-13-29(26(24-9-6-14-35-24)20(19)16-23(22)34-2)27(32)21-10-11-25(31)30(28-21)17-18-7-4-3-5-8-18/h3-11,14-16,26H,12-13,17H2,1-2H3. The highest BCUT2D eigenvalue weighted by atomic mass is 32.1. The van der Waals surface area contributed by atoms with Crippen LogP contribution >= 0.6 is 11.3 Å². The van der Waals surface area contributed by atoms with Gasteiger partial charge in [-0.15, -0.1) is 11.3 Å². The molecule has 1 amide bonds. The third kappa shape index (κ3) is 4.44. The van der Waals surface area contributed by atoms with Crippen LogP contribution in [-0.2, 0) is 13.0 Å². The third-order valence-corrected chi connectivity index (χ3v) is 7.13. The number of carbonyl (C=O) groups excluding carboxylic acids is 1. The largest absolute Gasteiger partial charge is 0.493 e. The topological polar surface area (TPSA) is 73.7 Å². The molecule has 1 atom stereocenters. The number of hydrogen-bond acceptors (Lipinski definition) is 6. The number of thiophene rings is 1. The van der Waals surface area contributed by atoms with Gasteiger partial charge in [0, 0.05) is 17.5 Å². The molecule has 2 aromatic heterocycles. The fourth-order valence-electron chi connectivity index (χ4n) is 4.50. The zero-order valence-electron chi connectivity index (χ0n) is 19.5. The molecule has 2 aromatic carbocycles. The zero-order valence-corrected chi connectivity index (χ0v) is 20.3. The molecule has 5 rings (SSSR count). The van der Waals surface area contributed by atoms with Crippen LogP contribution in [0.4, 0.5) is 0 Å². The molecule has 0 radical (unpaired) electrons. The molecule has 3 heterocycles. The van der Waals surface area contributed by atoms with Crippen molar-refractivity contribution < 1.29 is 14.3 Å². The van der Waals surface area contributed by atoms with Crippen LogP contribution < -0.4 is 15.0 Å². The highest BCUT2D eigenvalue weighted by molar-refractivity contribution is 7.10. The monoisotopic (exact) mass is 487 g/mol. The summed E-state index contributed by atoms with van der Waals surface area (Å²) >= 11 is 1.60. The first kappa shape index (κ1) is 22.9. The van der Waals surface area contributed by atoms with Crippen molar-refractivity contribution in [2.24, 2.45) is 0 Å². The Morgan fingerprint density at radius 1 is 1.03 bits per heavy atom. The molecular formula is C27H25N3O4S. The molecule has 1 aliphatic rings. The van der Waals surface area contributed by atoms with Crippen molar-refractivity contribution in [3.05, 3.63) is 110 Å². The Bertz CT molecular complexity index is 1400. The minimum Gasteiger partial charge on any atom is -0.493 e. The Morgan fingerprint density at radius 3 is 2.51 bits per heavy atom. The molecule has 1 unspecified atom stereocenters. The highest BCUT2D eigenvalue weighted by Gasteiger charge is 2.35. The van der Waals surface area contributed by atoms with Crippen LogP contribution in [0.5, 0.6) is 11.5 Å². The normalized spacial score (nSPS) is 14.9. The van der Waals surface area contributed by atoms with Crippen LogP contribution in [-0.4, -0.2) is 41.4 Å². The highest BCUT2D eigenvalue weighted by Crippen LogP contribution is 2.42. The van der Waals surface area contributed by atoms with Gasteiger partial charge in [-0.3, -0.25) is 9.59 Å². The van der Waals surface area contributed by atoms with Crippen molar-refractivity contribution in [3.8, 4) is 11.5 Å². The number of methoxy groups -OCH3 is 2. The summed E-state index contributed by atoms with van der Waals surface area (Å²) in [6.07, 6.45) is 0.674. The summed E-state index contributed by atoms with van der Waals surface area (Å²) in [5.41, 5.74) is 3.05. The van der Waals surface area contributed by atoms with Gasteiger partial charge < -0.3 is 14.4 Å². The Kier molecular flexibility index (Phi) is 6.37. The maximum absolute atomic E-state index is 13.8. The minimum absolute atomic E-state index is 0.217. The first-order chi connectivity index (χ1) is 17.1. The zero-order chi connectivity index (χ0) is 24.4. The fraction of sp³-hybridized carbons (Fsp3) is 0.222. The number of rotatable bonds is 6. The van der Waals surface area contributed by atoms with E-state index in [0.29, 0.717) is 31.0 Å². The van der Waals surface area contributed by atoms with Gasteiger partial charge in [-0.2, -0.15) is 5.10 Å². The average Bonchev–Trinajstić information content (AvgIpc) is 3.43.